The third-order valence-electron chi connectivity index (χ3n) is 2.88. The van der Waals surface area contributed by atoms with Crippen LogP contribution >= 0.6 is 0 Å². The van der Waals surface area contributed by atoms with Gasteiger partial charge in [0.15, 0.2) is 5.82 Å². The summed E-state index contributed by atoms with van der Waals surface area (Å²) < 4.78 is 10.3. The normalized spacial score (nSPS) is 23.7. The van der Waals surface area contributed by atoms with E-state index in [4.69, 9.17) is 15.0 Å². The second-order valence-corrected chi connectivity index (χ2v) is 5.74. The molecule has 1 amide bonds. The first-order valence-electron chi connectivity index (χ1n) is 6.33. The Kier molecular flexibility index (Phi) is 3.49. The molecule has 1 aromatic heterocycles. The molecule has 0 saturated carbocycles. The third-order valence-corrected chi connectivity index (χ3v) is 2.88. The molecule has 106 valence electrons. The summed E-state index contributed by atoms with van der Waals surface area (Å²) in [7, 11) is 0. The van der Waals surface area contributed by atoms with E-state index in [1.165, 1.54) is 0 Å². The Balaban J connectivity index is 2.18. The number of hydrogen-bond donors (Lipinski definition) is 1. The van der Waals surface area contributed by atoms with Crippen molar-refractivity contribution >= 4 is 6.09 Å². The fourth-order valence-corrected chi connectivity index (χ4v) is 2.11. The largest absolute Gasteiger partial charge is 0.444 e. The maximum absolute atomic E-state index is 12.2. The first-order chi connectivity index (χ1) is 8.78. The van der Waals surface area contributed by atoms with Crippen LogP contribution in [0.4, 0.5) is 4.79 Å². The van der Waals surface area contributed by atoms with Crippen LogP contribution in [0.15, 0.2) is 4.52 Å². The molecular weight excluding hydrogens is 248 g/mol. The van der Waals surface area contributed by atoms with E-state index in [1.807, 2.05) is 20.8 Å². The molecule has 7 heteroatoms. The van der Waals surface area contributed by atoms with Gasteiger partial charge in [-0.15, -0.1) is 0 Å². The minimum Gasteiger partial charge on any atom is -0.444 e. The van der Waals surface area contributed by atoms with E-state index in [1.54, 1.807) is 11.8 Å². The second-order valence-electron chi connectivity index (χ2n) is 5.74. The molecule has 2 heterocycles. The van der Waals surface area contributed by atoms with Crippen LogP contribution in [0.25, 0.3) is 0 Å². The molecular formula is C12H20N4O3. The van der Waals surface area contributed by atoms with Crippen molar-refractivity contribution in [3.63, 3.8) is 0 Å². The number of nitrogens with two attached hydrogens (primary N) is 1. The van der Waals surface area contributed by atoms with Crippen molar-refractivity contribution in [1.82, 2.24) is 15.0 Å². The number of likely N-dealkylation sites (tertiary alicyclic amines) is 1. The zero-order chi connectivity index (χ0) is 14.2. The Morgan fingerprint density at radius 3 is 2.74 bits per heavy atom. The van der Waals surface area contributed by atoms with E-state index in [0.717, 1.165) is 0 Å². The number of carbonyl (C=O) groups is 1. The van der Waals surface area contributed by atoms with Crippen LogP contribution in [0.2, 0.25) is 0 Å². The molecule has 2 rings (SSSR count). The van der Waals surface area contributed by atoms with Crippen LogP contribution in [-0.4, -0.2) is 39.3 Å². The average molecular weight is 268 g/mol. The average Bonchev–Trinajstić information content (AvgIpc) is 2.81. The fourth-order valence-electron chi connectivity index (χ4n) is 2.11. The molecule has 1 aliphatic rings. The SMILES string of the molecule is Cc1nc([C@@H]2[C@@H](N)CCN2C(=O)OC(C)(C)C)no1. The van der Waals surface area contributed by atoms with Crippen LogP contribution in [0, 0.1) is 6.92 Å². The molecule has 0 radical (unpaired) electrons. The topological polar surface area (TPSA) is 94.5 Å². The van der Waals surface area contributed by atoms with Gasteiger partial charge in [0.2, 0.25) is 5.89 Å². The predicted molar refractivity (Wildman–Crippen MR) is 67.3 cm³/mol. The van der Waals surface area contributed by atoms with Crippen molar-refractivity contribution in [1.29, 1.82) is 0 Å². The summed E-state index contributed by atoms with van der Waals surface area (Å²) in [5.74, 6) is 0.895. The van der Waals surface area contributed by atoms with E-state index < -0.39 is 11.7 Å². The lowest BCUT2D eigenvalue weighted by atomic mass is 10.1. The van der Waals surface area contributed by atoms with Gasteiger partial charge < -0.3 is 15.0 Å². The monoisotopic (exact) mass is 268 g/mol. The van der Waals surface area contributed by atoms with Crippen molar-refractivity contribution in [2.45, 2.75) is 51.8 Å². The summed E-state index contributed by atoms with van der Waals surface area (Å²) >= 11 is 0. The molecule has 0 bridgehead atoms. The van der Waals surface area contributed by atoms with Crippen molar-refractivity contribution in [3.8, 4) is 0 Å². The molecule has 0 aliphatic carbocycles. The number of nitrogens with zero attached hydrogens (tertiary/aromatic N) is 3. The minimum absolute atomic E-state index is 0.204. The quantitative estimate of drug-likeness (QED) is 0.827. The standard InChI is InChI=1S/C12H20N4O3/c1-7-14-10(15-19-7)9-8(13)5-6-16(9)11(17)18-12(2,3)4/h8-9H,5-6,13H2,1-4H3/t8-,9-/m0/s1. The molecule has 19 heavy (non-hydrogen) atoms. The van der Waals surface area contributed by atoms with Gasteiger partial charge in [-0.25, -0.2) is 4.79 Å². The third kappa shape index (κ3) is 3.04. The van der Waals surface area contributed by atoms with Gasteiger partial charge in [0.05, 0.1) is 0 Å². The van der Waals surface area contributed by atoms with Crippen LogP contribution in [0.3, 0.4) is 0 Å². The number of amides is 1. The summed E-state index contributed by atoms with van der Waals surface area (Å²) in [6.07, 6.45) is 0.297. The predicted octanol–water partition coefficient (Wildman–Crippen LogP) is 1.39. The van der Waals surface area contributed by atoms with Gasteiger partial charge in [-0.3, -0.25) is 4.90 Å². The van der Waals surface area contributed by atoms with Crippen molar-refractivity contribution in [3.05, 3.63) is 11.7 Å². The lowest BCUT2D eigenvalue weighted by Crippen LogP contribution is -2.39. The number of aromatic nitrogens is 2. The van der Waals surface area contributed by atoms with E-state index in [-0.39, 0.29) is 12.1 Å². The highest BCUT2D eigenvalue weighted by Crippen LogP contribution is 2.30. The molecule has 0 spiro atoms. The van der Waals surface area contributed by atoms with Crippen LogP contribution < -0.4 is 5.73 Å². The highest BCUT2D eigenvalue weighted by atomic mass is 16.6. The zero-order valence-electron chi connectivity index (χ0n) is 11.7. The minimum atomic E-state index is -0.540. The Morgan fingerprint density at radius 2 is 2.21 bits per heavy atom. The highest BCUT2D eigenvalue weighted by molar-refractivity contribution is 5.69. The van der Waals surface area contributed by atoms with Gasteiger partial charge in [0.1, 0.15) is 11.6 Å². The van der Waals surface area contributed by atoms with Gasteiger partial charge in [0, 0.05) is 19.5 Å². The zero-order valence-corrected chi connectivity index (χ0v) is 11.7. The van der Waals surface area contributed by atoms with Gasteiger partial charge in [0.25, 0.3) is 0 Å². The summed E-state index contributed by atoms with van der Waals surface area (Å²) in [6, 6.07) is -0.586. The maximum atomic E-state index is 12.2. The molecule has 0 unspecified atom stereocenters. The fraction of sp³-hybridized carbons (Fsp3) is 0.750. The van der Waals surface area contributed by atoms with Gasteiger partial charge in [-0.05, 0) is 27.2 Å². The highest BCUT2D eigenvalue weighted by Gasteiger charge is 2.40. The molecule has 7 nitrogen and oxygen atoms in total. The van der Waals surface area contributed by atoms with Gasteiger partial charge >= 0.3 is 6.09 Å². The number of aryl methyl sites for hydroxylation is 1. The summed E-state index contributed by atoms with van der Waals surface area (Å²) in [5, 5.41) is 3.86. The van der Waals surface area contributed by atoms with E-state index >= 15 is 0 Å². The Hall–Kier alpha value is -1.63. The molecule has 1 aromatic rings. The van der Waals surface area contributed by atoms with Crippen LogP contribution in [0.5, 0.6) is 0 Å². The van der Waals surface area contributed by atoms with E-state index in [0.29, 0.717) is 24.7 Å². The molecule has 0 aromatic carbocycles. The smallest absolute Gasteiger partial charge is 0.410 e. The number of carbonyl (C=O) groups excluding carboxylic acids is 1. The Bertz CT molecular complexity index is 466. The Labute approximate surface area is 112 Å². The van der Waals surface area contributed by atoms with Crippen molar-refractivity contribution in [2.75, 3.05) is 6.54 Å². The molecule has 2 N–H and O–H groups in total. The number of ether oxygens (including phenoxy) is 1. The second kappa shape index (κ2) is 4.80. The molecule has 1 fully saturated rings. The molecule has 1 saturated heterocycles. The van der Waals surface area contributed by atoms with Gasteiger partial charge in [-0.2, -0.15) is 4.98 Å². The lowest BCUT2D eigenvalue weighted by molar-refractivity contribution is 0.0210. The summed E-state index contributed by atoms with van der Waals surface area (Å²) in [6.45, 7) is 7.72. The van der Waals surface area contributed by atoms with Gasteiger partial charge in [-0.1, -0.05) is 5.16 Å². The van der Waals surface area contributed by atoms with E-state index in [2.05, 4.69) is 10.1 Å². The summed E-state index contributed by atoms with van der Waals surface area (Å²) in [5.41, 5.74) is 5.50. The summed E-state index contributed by atoms with van der Waals surface area (Å²) in [4.78, 5) is 17.9. The van der Waals surface area contributed by atoms with Crippen molar-refractivity contribution < 1.29 is 14.1 Å². The first kappa shape index (κ1) is 13.8. The first-order valence-corrected chi connectivity index (χ1v) is 6.33. The van der Waals surface area contributed by atoms with Crippen LogP contribution in [0.1, 0.15) is 44.9 Å². The number of rotatable bonds is 1. The number of hydrogen-bond acceptors (Lipinski definition) is 6. The molecule has 2 atom stereocenters. The maximum Gasteiger partial charge on any atom is 0.410 e. The Morgan fingerprint density at radius 1 is 1.53 bits per heavy atom. The molecule has 1 aliphatic heterocycles. The van der Waals surface area contributed by atoms with E-state index in [9.17, 15) is 4.79 Å². The van der Waals surface area contributed by atoms with Crippen molar-refractivity contribution in [2.24, 2.45) is 5.73 Å². The van der Waals surface area contributed by atoms with Crippen LogP contribution in [-0.2, 0) is 4.74 Å². The lowest BCUT2D eigenvalue weighted by Gasteiger charge is -2.28.